The third kappa shape index (κ3) is 1.96. The van der Waals surface area contributed by atoms with Crippen molar-refractivity contribution in [3.8, 4) is 0 Å². The van der Waals surface area contributed by atoms with E-state index in [0.717, 1.165) is 17.9 Å². The van der Waals surface area contributed by atoms with Crippen LogP contribution in [-0.4, -0.2) is 4.57 Å². The fraction of sp³-hybridized carbons (Fsp3) is 0.667. The van der Waals surface area contributed by atoms with Gasteiger partial charge >= 0.3 is 0 Å². The van der Waals surface area contributed by atoms with Crippen LogP contribution in [0.15, 0.2) is 24.5 Å². The van der Waals surface area contributed by atoms with Crippen LogP contribution in [0, 0.1) is 11.8 Å². The molecule has 0 radical (unpaired) electrons. The summed E-state index contributed by atoms with van der Waals surface area (Å²) in [5.41, 5.74) is 0. The summed E-state index contributed by atoms with van der Waals surface area (Å²) in [7, 11) is 0. The maximum absolute atomic E-state index is 2.38. The van der Waals surface area contributed by atoms with Crippen LogP contribution < -0.4 is 0 Å². The van der Waals surface area contributed by atoms with Crippen LogP contribution in [0.3, 0.4) is 0 Å². The molecule has 0 spiro atoms. The lowest BCUT2D eigenvalue weighted by molar-refractivity contribution is 0.221. The molecule has 1 aliphatic carbocycles. The smallest absolute Gasteiger partial charge is 0.0335 e. The van der Waals surface area contributed by atoms with Crippen molar-refractivity contribution in [3.63, 3.8) is 0 Å². The highest BCUT2D eigenvalue weighted by Gasteiger charge is 2.24. The summed E-state index contributed by atoms with van der Waals surface area (Å²) in [6, 6.07) is 5.02. The second-order valence-corrected chi connectivity index (χ2v) is 4.70. The van der Waals surface area contributed by atoms with Gasteiger partial charge in [-0.2, -0.15) is 0 Å². The van der Waals surface area contributed by atoms with Gasteiger partial charge in [0.1, 0.15) is 0 Å². The molecule has 13 heavy (non-hydrogen) atoms. The minimum Gasteiger partial charge on any atom is -0.351 e. The Morgan fingerprint density at radius 2 is 1.46 bits per heavy atom. The van der Waals surface area contributed by atoms with E-state index in [9.17, 15) is 0 Å². The summed E-state index contributed by atoms with van der Waals surface area (Å²) >= 11 is 0. The highest BCUT2D eigenvalue weighted by Crippen LogP contribution is 2.35. The van der Waals surface area contributed by atoms with Crippen LogP contribution in [0.4, 0.5) is 0 Å². The monoisotopic (exact) mass is 177 g/mol. The first-order valence-electron chi connectivity index (χ1n) is 5.38. The Morgan fingerprint density at radius 1 is 0.923 bits per heavy atom. The Kier molecular flexibility index (Phi) is 2.43. The summed E-state index contributed by atoms with van der Waals surface area (Å²) in [6.45, 7) is 4.76. The van der Waals surface area contributed by atoms with Gasteiger partial charge in [-0.05, 0) is 43.2 Å². The van der Waals surface area contributed by atoms with E-state index in [1.807, 2.05) is 0 Å². The number of hydrogen-bond acceptors (Lipinski definition) is 0. The van der Waals surface area contributed by atoms with Crippen molar-refractivity contribution < 1.29 is 0 Å². The van der Waals surface area contributed by atoms with Crippen molar-refractivity contribution in [2.45, 2.75) is 39.2 Å². The molecule has 1 aromatic rings. The normalized spacial score (nSPS) is 34.8. The Morgan fingerprint density at radius 3 is 2.00 bits per heavy atom. The van der Waals surface area contributed by atoms with Gasteiger partial charge in [0.15, 0.2) is 0 Å². The van der Waals surface area contributed by atoms with Crippen LogP contribution in [0.2, 0.25) is 0 Å². The predicted octanol–water partition coefficient (Wildman–Crippen LogP) is 3.49. The Labute approximate surface area is 80.8 Å². The van der Waals surface area contributed by atoms with E-state index >= 15 is 0 Å². The van der Waals surface area contributed by atoms with E-state index < -0.39 is 0 Å². The van der Waals surface area contributed by atoms with Gasteiger partial charge in [0.05, 0.1) is 0 Å². The SMILES string of the molecule is CC1CC(C)CC(n2cccc2)C1. The zero-order valence-corrected chi connectivity index (χ0v) is 8.61. The summed E-state index contributed by atoms with van der Waals surface area (Å²) < 4.78 is 2.38. The predicted molar refractivity (Wildman–Crippen MR) is 55.6 cm³/mol. The summed E-state index contributed by atoms with van der Waals surface area (Å²) in [5, 5.41) is 0. The van der Waals surface area contributed by atoms with Gasteiger partial charge in [-0.3, -0.25) is 0 Å². The average Bonchev–Trinajstić information content (AvgIpc) is 2.53. The standard InChI is InChI=1S/C12H19N/c1-10-7-11(2)9-12(8-10)13-5-3-4-6-13/h3-6,10-12H,7-9H2,1-2H3. The summed E-state index contributed by atoms with van der Waals surface area (Å²) in [4.78, 5) is 0. The molecule has 1 aromatic heterocycles. The second-order valence-electron chi connectivity index (χ2n) is 4.70. The maximum atomic E-state index is 2.38. The molecule has 2 atom stereocenters. The lowest BCUT2D eigenvalue weighted by Gasteiger charge is -2.32. The third-order valence-corrected chi connectivity index (χ3v) is 3.20. The number of nitrogens with zero attached hydrogens (tertiary/aromatic N) is 1. The summed E-state index contributed by atoms with van der Waals surface area (Å²) in [6.07, 6.45) is 8.54. The molecule has 0 aromatic carbocycles. The Hall–Kier alpha value is -0.720. The quantitative estimate of drug-likeness (QED) is 0.619. The molecule has 2 unspecified atom stereocenters. The van der Waals surface area contributed by atoms with Crippen molar-refractivity contribution in [3.05, 3.63) is 24.5 Å². The first-order valence-corrected chi connectivity index (χ1v) is 5.38. The lowest BCUT2D eigenvalue weighted by atomic mass is 9.80. The molecule has 0 bridgehead atoms. The zero-order chi connectivity index (χ0) is 9.26. The zero-order valence-electron chi connectivity index (χ0n) is 8.61. The number of rotatable bonds is 1. The molecule has 0 saturated heterocycles. The highest BCUT2D eigenvalue weighted by atomic mass is 15.0. The minimum atomic E-state index is 0.758. The van der Waals surface area contributed by atoms with Gasteiger partial charge in [0.25, 0.3) is 0 Å². The van der Waals surface area contributed by atoms with Crippen LogP contribution in [0.25, 0.3) is 0 Å². The minimum absolute atomic E-state index is 0.758. The van der Waals surface area contributed by atoms with E-state index in [4.69, 9.17) is 0 Å². The fourth-order valence-electron chi connectivity index (χ4n) is 2.74. The Bertz CT molecular complexity index is 240. The van der Waals surface area contributed by atoms with Crippen molar-refractivity contribution in [1.82, 2.24) is 4.57 Å². The van der Waals surface area contributed by atoms with Gasteiger partial charge in [-0.1, -0.05) is 13.8 Å². The third-order valence-electron chi connectivity index (χ3n) is 3.20. The fourth-order valence-corrected chi connectivity index (χ4v) is 2.74. The van der Waals surface area contributed by atoms with Gasteiger partial charge in [-0.25, -0.2) is 0 Å². The molecule has 1 aliphatic rings. The van der Waals surface area contributed by atoms with Crippen molar-refractivity contribution in [2.75, 3.05) is 0 Å². The molecule has 1 fully saturated rings. The maximum Gasteiger partial charge on any atom is 0.0335 e. The molecular weight excluding hydrogens is 158 g/mol. The second kappa shape index (κ2) is 3.57. The van der Waals surface area contributed by atoms with Gasteiger partial charge < -0.3 is 4.57 Å². The lowest BCUT2D eigenvalue weighted by Crippen LogP contribution is -2.21. The van der Waals surface area contributed by atoms with Crippen LogP contribution in [-0.2, 0) is 0 Å². The number of hydrogen-bond donors (Lipinski definition) is 0. The van der Waals surface area contributed by atoms with E-state index in [0.29, 0.717) is 0 Å². The molecule has 1 saturated carbocycles. The molecule has 0 aliphatic heterocycles. The summed E-state index contributed by atoms with van der Waals surface area (Å²) in [5.74, 6) is 1.80. The number of aromatic nitrogens is 1. The van der Waals surface area contributed by atoms with E-state index in [-0.39, 0.29) is 0 Å². The molecule has 0 N–H and O–H groups in total. The van der Waals surface area contributed by atoms with Gasteiger partial charge in [0, 0.05) is 18.4 Å². The van der Waals surface area contributed by atoms with Crippen molar-refractivity contribution in [2.24, 2.45) is 11.8 Å². The van der Waals surface area contributed by atoms with E-state index in [1.165, 1.54) is 19.3 Å². The molecular formula is C12H19N. The van der Waals surface area contributed by atoms with Crippen molar-refractivity contribution >= 4 is 0 Å². The molecule has 72 valence electrons. The van der Waals surface area contributed by atoms with Crippen LogP contribution in [0.5, 0.6) is 0 Å². The first-order chi connectivity index (χ1) is 6.25. The van der Waals surface area contributed by atoms with Gasteiger partial charge in [-0.15, -0.1) is 0 Å². The highest BCUT2D eigenvalue weighted by molar-refractivity contribution is 4.94. The van der Waals surface area contributed by atoms with Crippen LogP contribution >= 0.6 is 0 Å². The molecule has 1 nitrogen and oxygen atoms in total. The average molecular weight is 177 g/mol. The van der Waals surface area contributed by atoms with E-state index in [2.05, 4.69) is 42.9 Å². The first kappa shape index (κ1) is 8.86. The van der Waals surface area contributed by atoms with Crippen LogP contribution in [0.1, 0.15) is 39.2 Å². The molecule has 1 heterocycles. The molecule has 2 rings (SSSR count). The topological polar surface area (TPSA) is 4.93 Å². The van der Waals surface area contributed by atoms with Gasteiger partial charge in [0.2, 0.25) is 0 Å². The molecule has 0 amide bonds. The van der Waals surface area contributed by atoms with E-state index in [1.54, 1.807) is 0 Å². The Balaban J connectivity index is 2.07. The van der Waals surface area contributed by atoms with Crippen molar-refractivity contribution in [1.29, 1.82) is 0 Å². The largest absolute Gasteiger partial charge is 0.351 e. The molecule has 1 heteroatoms.